The summed E-state index contributed by atoms with van der Waals surface area (Å²) in [5.41, 5.74) is 6.40. The third-order valence-corrected chi connectivity index (χ3v) is 5.54. The summed E-state index contributed by atoms with van der Waals surface area (Å²) in [4.78, 5) is 17.0. The lowest BCUT2D eigenvalue weighted by atomic mass is 10.1. The number of anilines is 2. The fraction of sp³-hybridized carbons (Fsp3) is 0.286. The van der Waals surface area contributed by atoms with Gasteiger partial charge in [0.15, 0.2) is 0 Å². The third kappa shape index (κ3) is 3.06. The van der Waals surface area contributed by atoms with Gasteiger partial charge in [-0.15, -0.1) is 0 Å². The van der Waals surface area contributed by atoms with Crippen molar-refractivity contribution in [3.05, 3.63) is 64.3 Å². The van der Waals surface area contributed by atoms with E-state index >= 15 is 0 Å². The number of hydrogen-bond donors (Lipinski definition) is 1. The highest BCUT2D eigenvalue weighted by molar-refractivity contribution is 6.34. The molecule has 4 nitrogen and oxygen atoms in total. The van der Waals surface area contributed by atoms with Gasteiger partial charge in [0.1, 0.15) is 0 Å². The van der Waals surface area contributed by atoms with E-state index in [2.05, 4.69) is 47.2 Å². The maximum absolute atomic E-state index is 12.3. The molecular weight excluding hydrogens is 346 g/mol. The summed E-state index contributed by atoms with van der Waals surface area (Å²) in [6.07, 6.45) is 1.98. The van der Waals surface area contributed by atoms with Crippen LogP contribution < -0.4 is 10.2 Å². The predicted molar refractivity (Wildman–Crippen MR) is 108 cm³/mol. The second kappa shape index (κ2) is 6.69. The van der Waals surface area contributed by atoms with Crippen LogP contribution >= 0.6 is 11.6 Å². The predicted octanol–water partition coefficient (Wildman–Crippen LogP) is 4.07. The van der Waals surface area contributed by atoms with Gasteiger partial charge in [-0.25, -0.2) is 0 Å². The third-order valence-electron chi connectivity index (χ3n) is 5.31. The van der Waals surface area contributed by atoms with Gasteiger partial charge in [0.25, 0.3) is 5.91 Å². The Bertz CT molecular complexity index is 898. The topological polar surface area (TPSA) is 35.6 Å². The van der Waals surface area contributed by atoms with Crippen LogP contribution in [-0.2, 0) is 4.79 Å². The molecule has 1 amide bonds. The Morgan fingerprint density at radius 3 is 2.62 bits per heavy atom. The number of piperazine rings is 1. The van der Waals surface area contributed by atoms with Crippen LogP contribution in [0.4, 0.5) is 11.4 Å². The standard InChI is InChI=1S/C21H22ClN3O/c1-14-4-3-5-20(15(14)2)25-10-8-24(9-11-25)13-18-17-12-16(22)6-7-19(17)23-21(18)26/h3-7,12-13H,8-11H2,1-2H3,(H,23,26)/b18-13+. The highest BCUT2D eigenvalue weighted by atomic mass is 35.5. The lowest BCUT2D eigenvalue weighted by Crippen LogP contribution is -2.44. The van der Waals surface area contributed by atoms with Gasteiger partial charge in [-0.2, -0.15) is 0 Å². The van der Waals surface area contributed by atoms with Gasteiger partial charge in [0.2, 0.25) is 0 Å². The second-order valence-electron chi connectivity index (χ2n) is 6.93. The van der Waals surface area contributed by atoms with Crippen LogP contribution in [0.2, 0.25) is 5.02 Å². The van der Waals surface area contributed by atoms with E-state index in [0.717, 1.165) is 37.4 Å². The molecule has 26 heavy (non-hydrogen) atoms. The normalized spacial score (nSPS) is 18.3. The molecule has 2 aliphatic rings. The Kier molecular flexibility index (Phi) is 4.37. The van der Waals surface area contributed by atoms with Crippen LogP contribution in [0.25, 0.3) is 5.57 Å². The smallest absolute Gasteiger partial charge is 0.257 e. The number of rotatable bonds is 2. The van der Waals surface area contributed by atoms with Crippen molar-refractivity contribution in [1.29, 1.82) is 0 Å². The number of fused-ring (bicyclic) bond motifs is 1. The first-order valence-electron chi connectivity index (χ1n) is 8.91. The zero-order valence-electron chi connectivity index (χ0n) is 15.1. The van der Waals surface area contributed by atoms with Crippen LogP contribution in [-0.4, -0.2) is 37.0 Å². The second-order valence-corrected chi connectivity index (χ2v) is 7.37. The SMILES string of the molecule is Cc1cccc(N2CCN(/C=C3/C(=O)Nc4ccc(Cl)cc43)CC2)c1C. The fourth-order valence-electron chi connectivity index (χ4n) is 3.64. The van der Waals surface area contributed by atoms with E-state index in [9.17, 15) is 4.79 Å². The van der Waals surface area contributed by atoms with E-state index in [1.165, 1.54) is 16.8 Å². The first-order chi connectivity index (χ1) is 12.5. The molecule has 0 bridgehead atoms. The summed E-state index contributed by atoms with van der Waals surface area (Å²) in [6, 6.07) is 12.0. The maximum Gasteiger partial charge on any atom is 0.257 e. The van der Waals surface area contributed by atoms with E-state index in [0.29, 0.717) is 10.6 Å². The molecule has 0 atom stereocenters. The molecule has 134 valence electrons. The Hall–Kier alpha value is -2.46. The number of benzene rings is 2. The minimum absolute atomic E-state index is 0.0563. The first kappa shape index (κ1) is 17.0. The van der Waals surface area contributed by atoms with E-state index in [1.54, 1.807) is 6.07 Å². The van der Waals surface area contributed by atoms with Gasteiger partial charge in [0.05, 0.1) is 5.57 Å². The van der Waals surface area contributed by atoms with Crippen molar-refractivity contribution in [2.75, 3.05) is 36.4 Å². The molecule has 0 aromatic heterocycles. The number of nitrogens with one attached hydrogen (secondary N) is 1. The average Bonchev–Trinajstić information content (AvgIpc) is 2.93. The van der Waals surface area contributed by atoms with Crippen molar-refractivity contribution >= 4 is 34.5 Å². The monoisotopic (exact) mass is 367 g/mol. The van der Waals surface area contributed by atoms with Crippen LogP contribution in [0, 0.1) is 13.8 Å². The fourth-order valence-corrected chi connectivity index (χ4v) is 3.81. The lowest BCUT2D eigenvalue weighted by Gasteiger charge is -2.36. The van der Waals surface area contributed by atoms with Gasteiger partial charge in [-0.3, -0.25) is 4.79 Å². The molecular formula is C21H22ClN3O. The quantitative estimate of drug-likeness (QED) is 0.812. The van der Waals surface area contributed by atoms with Crippen LogP contribution in [0.5, 0.6) is 0 Å². The number of hydrogen-bond acceptors (Lipinski definition) is 3. The Labute approximate surface area is 159 Å². The van der Waals surface area contributed by atoms with E-state index < -0.39 is 0 Å². The van der Waals surface area contributed by atoms with Crippen LogP contribution in [0.15, 0.2) is 42.6 Å². The summed E-state index contributed by atoms with van der Waals surface area (Å²) in [6.45, 7) is 8.00. The molecule has 2 aliphatic heterocycles. The van der Waals surface area contributed by atoms with Crippen molar-refractivity contribution < 1.29 is 4.79 Å². The number of carbonyl (C=O) groups excluding carboxylic acids is 1. The van der Waals surface area contributed by atoms with E-state index in [4.69, 9.17) is 11.6 Å². The Morgan fingerprint density at radius 2 is 1.85 bits per heavy atom. The highest BCUT2D eigenvalue weighted by Crippen LogP contribution is 2.34. The number of carbonyl (C=O) groups is 1. The van der Waals surface area contributed by atoms with Crippen molar-refractivity contribution in [1.82, 2.24) is 4.90 Å². The van der Waals surface area contributed by atoms with Crippen molar-refractivity contribution in [2.24, 2.45) is 0 Å². The molecule has 0 unspecified atom stereocenters. The van der Waals surface area contributed by atoms with Gasteiger partial charge in [-0.05, 0) is 49.2 Å². The Balaban J connectivity index is 1.51. The molecule has 0 aliphatic carbocycles. The Morgan fingerprint density at radius 1 is 1.08 bits per heavy atom. The van der Waals surface area contributed by atoms with Crippen LogP contribution in [0.3, 0.4) is 0 Å². The number of nitrogens with zero attached hydrogens (tertiary/aromatic N) is 2. The van der Waals surface area contributed by atoms with Crippen LogP contribution in [0.1, 0.15) is 16.7 Å². The summed E-state index contributed by atoms with van der Waals surface area (Å²) in [5, 5.41) is 3.55. The number of aryl methyl sites for hydroxylation is 1. The molecule has 4 rings (SSSR count). The molecule has 1 N–H and O–H groups in total. The molecule has 1 saturated heterocycles. The minimum Gasteiger partial charge on any atom is -0.373 e. The average molecular weight is 368 g/mol. The summed E-state index contributed by atoms with van der Waals surface area (Å²) in [5.74, 6) is -0.0563. The minimum atomic E-state index is -0.0563. The molecule has 2 aromatic carbocycles. The summed E-state index contributed by atoms with van der Waals surface area (Å²) < 4.78 is 0. The van der Waals surface area contributed by atoms with Gasteiger partial charge >= 0.3 is 0 Å². The van der Waals surface area contributed by atoms with E-state index in [-0.39, 0.29) is 5.91 Å². The number of halogens is 1. The van der Waals surface area contributed by atoms with Gasteiger partial charge < -0.3 is 15.1 Å². The molecule has 0 radical (unpaired) electrons. The molecule has 0 saturated carbocycles. The summed E-state index contributed by atoms with van der Waals surface area (Å²) in [7, 11) is 0. The summed E-state index contributed by atoms with van der Waals surface area (Å²) >= 11 is 6.11. The molecule has 2 aromatic rings. The maximum atomic E-state index is 12.3. The zero-order chi connectivity index (χ0) is 18.3. The lowest BCUT2D eigenvalue weighted by molar-refractivity contribution is -0.110. The zero-order valence-corrected chi connectivity index (χ0v) is 15.8. The van der Waals surface area contributed by atoms with Crippen molar-refractivity contribution in [3.8, 4) is 0 Å². The first-order valence-corrected chi connectivity index (χ1v) is 9.29. The number of amides is 1. The van der Waals surface area contributed by atoms with Crippen molar-refractivity contribution in [2.45, 2.75) is 13.8 Å². The molecule has 2 heterocycles. The van der Waals surface area contributed by atoms with Gasteiger partial charge in [-0.1, -0.05) is 23.7 Å². The largest absolute Gasteiger partial charge is 0.373 e. The van der Waals surface area contributed by atoms with Crippen molar-refractivity contribution in [3.63, 3.8) is 0 Å². The molecule has 0 spiro atoms. The molecule has 1 fully saturated rings. The molecule has 5 heteroatoms. The van der Waals surface area contributed by atoms with E-state index in [1.807, 2.05) is 18.3 Å². The van der Waals surface area contributed by atoms with Gasteiger partial charge in [0, 0.05) is 54.3 Å². The highest BCUT2D eigenvalue weighted by Gasteiger charge is 2.26.